The first-order valence-electron chi connectivity index (χ1n) is 8.32. The van der Waals surface area contributed by atoms with Crippen LogP contribution in [0.2, 0.25) is 0 Å². The summed E-state index contributed by atoms with van der Waals surface area (Å²) in [5.41, 5.74) is 1.82. The Morgan fingerprint density at radius 1 is 1.17 bits per heavy atom. The summed E-state index contributed by atoms with van der Waals surface area (Å²) in [6, 6.07) is 7.24. The molecule has 0 bridgehead atoms. The molecule has 0 aliphatic carbocycles. The van der Waals surface area contributed by atoms with Gasteiger partial charge in [0.1, 0.15) is 5.82 Å². The fraction of sp³-hybridized carbons (Fsp3) is 0.500. The summed E-state index contributed by atoms with van der Waals surface area (Å²) in [5.74, 6) is -0.213. The minimum Gasteiger partial charge on any atom is -0.349 e. The molecule has 1 aromatic carbocycles. The Bertz CT molecular complexity index is 688. The maximum atomic E-state index is 14.0. The summed E-state index contributed by atoms with van der Waals surface area (Å²) in [6.07, 6.45) is 5.05. The minimum absolute atomic E-state index is 0.130. The van der Waals surface area contributed by atoms with E-state index in [0.29, 0.717) is 18.6 Å². The van der Waals surface area contributed by atoms with Gasteiger partial charge in [0.2, 0.25) is 0 Å². The summed E-state index contributed by atoms with van der Waals surface area (Å²) in [7, 11) is 0. The van der Waals surface area contributed by atoms with Gasteiger partial charge in [-0.2, -0.15) is 0 Å². The zero-order chi connectivity index (χ0) is 15.6. The van der Waals surface area contributed by atoms with Gasteiger partial charge in [0, 0.05) is 18.1 Å². The number of likely N-dealkylation sites (tertiary alicyclic amines) is 1. The van der Waals surface area contributed by atoms with Gasteiger partial charge in [0.25, 0.3) is 0 Å². The molecule has 2 aromatic rings. The van der Waals surface area contributed by atoms with Crippen molar-refractivity contribution in [3.63, 3.8) is 0 Å². The van der Waals surface area contributed by atoms with Crippen LogP contribution in [0.5, 0.6) is 0 Å². The van der Waals surface area contributed by atoms with Crippen molar-refractivity contribution in [3.8, 4) is 0 Å². The molecule has 2 aliphatic heterocycles. The van der Waals surface area contributed by atoms with Crippen LogP contribution in [0.4, 0.5) is 4.39 Å². The zero-order valence-electron chi connectivity index (χ0n) is 13.1. The van der Waals surface area contributed by atoms with Gasteiger partial charge in [0.15, 0.2) is 6.29 Å². The second-order valence-electron chi connectivity index (χ2n) is 6.25. The fourth-order valence-corrected chi connectivity index (χ4v) is 3.66. The molecule has 0 N–H and O–H groups in total. The van der Waals surface area contributed by atoms with Gasteiger partial charge in [-0.25, -0.2) is 4.39 Å². The van der Waals surface area contributed by atoms with E-state index in [0.717, 1.165) is 30.6 Å². The molecule has 0 spiro atoms. The van der Waals surface area contributed by atoms with E-state index in [4.69, 9.17) is 9.47 Å². The Morgan fingerprint density at radius 2 is 2.04 bits per heavy atom. The molecule has 122 valence electrons. The number of pyridine rings is 1. The molecule has 4 rings (SSSR count). The quantitative estimate of drug-likeness (QED) is 0.871. The smallest absolute Gasteiger partial charge is 0.173 e. The molecule has 0 amide bonds. The van der Waals surface area contributed by atoms with Crippen molar-refractivity contribution in [1.82, 2.24) is 9.88 Å². The number of fused-ring (bicyclic) bond motifs is 1. The highest BCUT2D eigenvalue weighted by Gasteiger charge is 2.33. The van der Waals surface area contributed by atoms with Gasteiger partial charge in [-0.15, -0.1) is 0 Å². The lowest BCUT2D eigenvalue weighted by Crippen LogP contribution is -2.46. The lowest BCUT2D eigenvalue weighted by molar-refractivity contribution is -0.111. The molecular formula is C18H21FN2O2. The Labute approximate surface area is 135 Å². The van der Waals surface area contributed by atoms with Gasteiger partial charge in [0.05, 0.1) is 24.8 Å². The van der Waals surface area contributed by atoms with E-state index in [-0.39, 0.29) is 18.1 Å². The van der Waals surface area contributed by atoms with E-state index in [1.165, 1.54) is 12.8 Å². The normalized spacial score (nSPS) is 23.6. The van der Waals surface area contributed by atoms with E-state index in [2.05, 4.69) is 9.88 Å². The molecule has 1 unspecified atom stereocenters. The van der Waals surface area contributed by atoms with Gasteiger partial charge < -0.3 is 9.47 Å². The largest absolute Gasteiger partial charge is 0.349 e. The second kappa shape index (κ2) is 6.51. The average molecular weight is 316 g/mol. The molecule has 2 saturated heterocycles. The molecule has 1 atom stereocenters. The molecule has 1 aromatic heterocycles. The molecule has 2 aliphatic rings. The molecule has 4 nitrogen and oxygen atoms in total. The standard InChI is InChI=1S/C18H21FN2O2/c19-15-7-6-13(17-14(15)4-3-8-20-17)12-21-9-2-1-5-16(21)18-22-10-11-23-18/h3-4,6-8,16,18H,1-2,5,9-12H2. The van der Waals surface area contributed by atoms with Gasteiger partial charge in [-0.05, 0) is 43.1 Å². The van der Waals surface area contributed by atoms with E-state index in [1.54, 1.807) is 24.4 Å². The number of aromatic nitrogens is 1. The van der Waals surface area contributed by atoms with Crippen LogP contribution in [-0.2, 0) is 16.0 Å². The number of rotatable bonds is 3. The fourth-order valence-electron chi connectivity index (χ4n) is 3.66. The van der Waals surface area contributed by atoms with E-state index < -0.39 is 0 Å². The van der Waals surface area contributed by atoms with E-state index in [1.807, 2.05) is 6.07 Å². The summed E-state index contributed by atoms with van der Waals surface area (Å²) in [5, 5.41) is 0.590. The number of hydrogen-bond donors (Lipinski definition) is 0. The third-order valence-corrected chi connectivity index (χ3v) is 4.80. The van der Waals surface area contributed by atoms with Crippen molar-refractivity contribution < 1.29 is 13.9 Å². The predicted molar refractivity (Wildman–Crippen MR) is 85.4 cm³/mol. The third-order valence-electron chi connectivity index (χ3n) is 4.80. The molecular weight excluding hydrogens is 295 g/mol. The lowest BCUT2D eigenvalue weighted by Gasteiger charge is -2.38. The van der Waals surface area contributed by atoms with Crippen molar-refractivity contribution in [3.05, 3.63) is 41.8 Å². The van der Waals surface area contributed by atoms with Crippen molar-refractivity contribution in [2.45, 2.75) is 38.1 Å². The summed E-state index contributed by atoms with van der Waals surface area (Å²) < 4.78 is 25.4. The highest BCUT2D eigenvalue weighted by molar-refractivity contribution is 5.82. The van der Waals surface area contributed by atoms with Crippen molar-refractivity contribution >= 4 is 10.9 Å². The van der Waals surface area contributed by atoms with E-state index >= 15 is 0 Å². The average Bonchev–Trinajstić information content (AvgIpc) is 3.13. The molecule has 0 saturated carbocycles. The third kappa shape index (κ3) is 2.96. The zero-order valence-corrected chi connectivity index (χ0v) is 13.1. The van der Waals surface area contributed by atoms with Crippen molar-refractivity contribution in [2.24, 2.45) is 0 Å². The summed E-state index contributed by atoms with van der Waals surface area (Å²) in [6.45, 7) is 3.12. The first-order valence-corrected chi connectivity index (χ1v) is 8.32. The first kappa shape index (κ1) is 15.0. The van der Waals surface area contributed by atoms with Crippen LogP contribution < -0.4 is 0 Å². The number of piperidine rings is 1. The van der Waals surface area contributed by atoms with Crippen LogP contribution in [-0.4, -0.2) is 42.0 Å². The molecule has 0 radical (unpaired) electrons. The van der Waals surface area contributed by atoms with Crippen molar-refractivity contribution in [2.75, 3.05) is 19.8 Å². The Hall–Kier alpha value is -1.56. The minimum atomic E-state index is -0.213. The summed E-state index contributed by atoms with van der Waals surface area (Å²) >= 11 is 0. The highest BCUT2D eigenvalue weighted by Crippen LogP contribution is 2.28. The predicted octanol–water partition coefficient (Wildman–Crippen LogP) is 3.10. The maximum Gasteiger partial charge on any atom is 0.173 e. The number of ether oxygens (including phenoxy) is 2. The second-order valence-corrected chi connectivity index (χ2v) is 6.25. The Balaban J connectivity index is 1.62. The van der Waals surface area contributed by atoms with Crippen LogP contribution in [0.15, 0.2) is 30.5 Å². The van der Waals surface area contributed by atoms with Crippen molar-refractivity contribution in [1.29, 1.82) is 0 Å². The molecule has 5 heteroatoms. The topological polar surface area (TPSA) is 34.6 Å². The highest BCUT2D eigenvalue weighted by atomic mass is 19.1. The number of nitrogens with zero attached hydrogens (tertiary/aromatic N) is 2. The van der Waals surface area contributed by atoms with E-state index in [9.17, 15) is 4.39 Å². The van der Waals surface area contributed by atoms with Crippen LogP contribution in [0, 0.1) is 5.82 Å². The summed E-state index contributed by atoms with van der Waals surface area (Å²) in [4.78, 5) is 6.80. The molecule has 3 heterocycles. The van der Waals surface area contributed by atoms with Crippen LogP contribution in [0.3, 0.4) is 0 Å². The lowest BCUT2D eigenvalue weighted by atomic mass is 10.00. The molecule has 2 fully saturated rings. The van der Waals surface area contributed by atoms with Gasteiger partial charge >= 0.3 is 0 Å². The molecule has 23 heavy (non-hydrogen) atoms. The van der Waals surface area contributed by atoms with Gasteiger partial charge in [-0.3, -0.25) is 9.88 Å². The number of halogens is 1. The van der Waals surface area contributed by atoms with Crippen LogP contribution >= 0.6 is 0 Å². The van der Waals surface area contributed by atoms with Crippen LogP contribution in [0.1, 0.15) is 24.8 Å². The first-order chi connectivity index (χ1) is 11.3. The number of hydrogen-bond acceptors (Lipinski definition) is 4. The van der Waals surface area contributed by atoms with Crippen LogP contribution in [0.25, 0.3) is 10.9 Å². The Morgan fingerprint density at radius 3 is 2.91 bits per heavy atom. The SMILES string of the molecule is Fc1ccc(CN2CCCCC2C2OCCO2)c2ncccc12. The van der Waals surface area contributed by atoms with Gasteiger partial charge in [-0.1, -0.05) is 12.5 Å². The Kier molecular flexibility index (Phi) is 4.25. The monoisotopic (exact) mass is 316 g/mol. The maximum absolute atomic E-state index is 14.0. The number of benzene rings is 1.